The molecule has 0 aliphatic heterocycles. The van der Waals surface area contributed by atoms with Crippen molar-refractivity contribution in [1.29, 1.82) is 0 Å². The van der Waals surface area contributed by atoms with E-state index < -0.39 is 0 Å². The van der Waals surface area contributed by atoms with Crippen LogP contribution in [-0.2, 0) is 26.3 Å². The van der Waals surface area contributed by atoms with Crippen molar-refractivity contribution >= 4 is 11.6 Å². The summed E-state index contributed by atoms with van der Waals surface area (Å²) < 4.78 is 12.3. The highest BCUT2D eigenvalue weighted by Crippen LogP contribution is 2.33. The molecule has 0 aliphatic rings. The molecular formula is C34H39ClN2O4. The number of nitrogens with one attached hydrogen (secondary N) is 2. The van der Waals surface area contributed by atoms with Gasteiger partial charge >= 0.3 is 0 Å². The summed E-state index contributed by atoms with van der Waals surface area (Å²) in [6, 6.07) is 26.5. The fraction of sp³-hybridized carbons (Fsp3) is 0.294. The number of aryl methyl sites for hydroxylation is 2. The lowest BCUT2D eigenvalue weighted by molar-refractivity contribution is 0.291. The zero-order chi connectivity index (χ0) is 29.0. The van der Waals surface area contributed by atoms with E-state index in [4.69, 9.17) is 31.3 Å². The van der Waals surface area contributed by atoms with E-state index in [-0.39, 0.29) is 13.2 Å². The minimum absolute atomic E-state index is 0.123. The number of rotatable bonds is 15. The van der Waals surface area contributed by atoms with Crippen molar-refractivity contribution in [2.75, 3.05) is 26.3 Å². The summed E-state index contributed by atoms with van der Waals surface area (Å²) in [5, 5.41) is 25.0. The fourth-order valence-corrected chi connectivity index (χ4v) is 4.94. The molecule has 0 saturated heterocycles. The Labute approximate surface area is 247 Å². The van der Waals surface area contributed by atoms with Gasteiger partial charge in [0.1, 0.15) is 24.7 Å². The third kappa shape index (κ3) is 8.80. The summed E-state index contributed by atoms with van der Waals surface area (Å²) in [6.45, 7) is 7.70. The Hall–Kier alpha value is -3.39. The third-order valence-corrected chi connectivity index (χ3v) is 7.25. The first-order valence-corrected chi connectivity index (χ1v) is 14.3. The summed E-state index contributed by atoms with van der Waals surface area (Å²) in [7, 11) is 0. The van der Waals surface area contributed by atoms with Gasteiger partial charge in [-0.05, 0) is 65.4 Å². The zero-order valence-electron chi connectivity index (χ0n) is 23.8. The lowest BCUT2D eigenvalue weighted by Gasteiger charge is -2.15. The van der Waals surface area contributed by atoms with Crippen molar-refractivity contribution in [1.82, 2.24) is 10.6 Å². The van der Waals surface area contributed by atoms with E-state index in [1.54, 1.807) is 0 Å². The standard InChI is InChI=1S/C34H39ClN2O4/c1-24-17-26(20-36-13-15-38)9-11-32(24)40-22-28-5-3-6-29(19-28)31-8-4-7-30(34(31)35)23-41-33-12-10-27(18-25(33)2)21-37-14-16-39/h3-12,17-19,36-39H,13-16,20-23H2,1-2H3. The molecule has 4 aromatic carbocycles. The second-order valence-electron chi connectivity index (χ2n) is 10.1. The van der Waals surface area contributed by atoms with Gasteiger partial charge in [0.25, 0.3) is 0 Å². The molecule has 0 radical (unpaired) electrons. The van der Waals surface area contributed by atoms with Crippen LogP contribution in [0.3, 0.4) is 0 Å². The second kappa shape index (κ2) is 15.6. The Morgan fingerprint density at radius 1 is 0.659 bits per heavy atom. The lowest BCUT2D eigenvalue weighted by atomic mass is 10.0. The number of benzene rings is 4. The molecule has 0 spiro atoms. The van der Waals surface area contributed by atoms with Crippen LogP contribution in [0.2, 0.25) is 5.02 Å². The van der Waals surface area contributed by atoms with E-state index in [0.29, 0.717) is 44.4 Å². The molecule has 7 heteroatoms. The first-order chi connectivity index (χ1) is 20.0. The van der Waals surface area contributed by atoms with Crippen molar-refractivity contribution in [3.63, 3.8) is 0 Å². The van der Waals surface area contributed by atoms with Gasteiger partial charge in [-0.15, -0.1) is 0 Å². The summed E-state index contributed by atoms with van der Waals surface area (Å²) in [6.07, 6.45) is 0. The molecule has 0 aromatic heterocycles. The Bertz CT molecular complexity index is 1430. The maximum Gasteiger partial charge on any atom is 0.122 e. The Morgan fingerprint density at radius 3 is 1.83 bits per heavy atom. The fourth-order valence-electron chi connectivity index (χ4n) is 4.65. The van der Waals surface area contributed by atoms with Crippen LogP contribution in [0.15, 0.2) is 78.9 Å². The molecule has 6 nitrogen and oxygen atoms in total. The average Bonchev–Trinajstić information content (AvgIpc) is 2.97. The molecule has 0 aliphatic carbocycles. The SMILES string of the molecule is Cc1cc(CNCCO)ccc1OCc1cccc(-c2cccc(COc3ccc(CNCCO)cc3C)c2Cl)c1. The summed E-state index contributed by atoms with van der Waals surface area (Å²) >= 11 is 6.89. The topological polar surface area (TPSA) is 83.0 Å². The van der Waals surface area contributed by atoms with Crippen molar-refractivity contribution < 1.29 is 19.7 Å². The Kier molecular flexibility index (Phi) is 11.6. The van der Waals surface area contributed by atoms with Gasteiger partial charge in [0.05, 0.1) is 18.2 Å². The number of hydrogen-bond donors (Lipinski definition) is 4. The monoisotopic (exact) mass is 574 g/mol. The zero-order valence-corrected chi connectivity index (χ0v) is 24.5. The van der Waals surface area contributed by atoms with Gasteiger partial charge in [-0.1, -0.05) is 72.3 Å². The molecule has 4 rings (SSSR count). The molecule has 0 fully saturated rings. The minimum Gasteiger partial charge on any atom is -0.489 e. The smallest absolute Gasteiger partial charge is 0.122 e. The third-order valence-electron chi connectivity index (χ3n) is 6.81. The molecule has 0 heterocycles. The molecular weight excluding hydrogens is 536 g/mol. The Morgan fingerprint density at radius 2 is 1.24 bits per heavy atom. The normalized spacial score (nSPS) is 11.0. The van der Waals surface area contributed by atoms with Gasteiger partial charge in [0.15, 0.2) is 0 Å². The molecule has 41 heavy (non-hydrogen) atoms. The highest BCUT2D eigenvalue weighted by Gasteiger charge is 2.11. The molecule has 216 valence electrons. The molecule has 0 unspecified atom stereocenters. The lowest BCUT2D eigenvalue weighted by Crippen LogP contribution is -2.17. The van der Waals surface area contributed by atoms with Crippen molar-refractivity contribution in [2.45, 2.75) is 40.2 Å². The number of halogens is 1. The van der Waals surface area contributed by atoms with Crippen LogP contribution >= 0.6 is 11.6 Å². The number of aliphatic hydroxyl groups excluding tert-OH is 2. The van der Waals surface area contributed by atoms with E-state index in [9.17, 15) is 0 Å². The van der Waals surface area contributed by atoms with Crippen LogP contribution in [0.25, 0.3) is 11.1 Å². The molecule has 4 N–H and O–H groups in total. The molecule has 4 aromatic rings. The van der Waals surface area contributed by atoms with Gasteiger partial charge in [-0.25, -0.2) is 0 Å². The first kappa shape index (κ1) is 30.6. The largest absolute Gasteiger partial charge is 0.489 e. The molecule has 0 atom stereocenters. The van der Waals surface area contributed by atoms with E-state index >= 15 is 0 Å². The van der Waals surface area contributed by atoms with Gasteiger partial charge in [0.2, 0.25) is 0 Å². The molecule has 0 bridgehead atoms. The van der Waals surface area contributed by atoms with Gasteiger partial charge in [-0.3, -0.25) is 0 Å². The predicted molar refractivity (Wildman–Crippen MR) is 165 cm³/mol. The van der Waals surface area contributed by atoms with Crippen LogP contribution in [-0.4, -0.2) is 36.5 Å². The van der Waals surface area contributed by atoms with Crippen molar-refractivity contribution in [3.05, 3.63) is 117 Å². The van der Waals surface area contributed by atoms with Crippen molar-refractivity contribution in [2.24, 2.45) is 0 Å². The second-order valence-corrected chi connectivity index (χ2v) is 10.4. The first-order valence-electron chi connectivity index (χ1n) is 13.9. The number of ether oxygens (including phenoxy) is 2. The van der Waals surface area contributed by atoms with E-state index in [0.717, 1.165) is 56.0 Å². The maximum absolute atomic E-state index is 8.95. The van der Waals surface area contributed by atoms with E-state index in [2.05, 4.69) is 41.0 Å². The highest BCUT2D eigenvalue weighted by atomic mass is 35.5. The highest BCUT2D eigenvalue weighted by molar-refractivity contribution is 6.34. The van der Waals surface area contributed by atoms with Gasteiger partial charge in [0, 0.05) is 37.3 Å². The van der Waals surface area contributed by atoms with Crippen LogP contribution in [0, 0.1) is 13.8 Å². The summed E-state index contributed by atoms with van der Waals surface area (Å²) in [4.78, 5) is 0. The van der Waals surface area contributed by atoms with Gasteiger partial charge < -0.3 is 30.3 Å². The van der Waals surface area contributed by atoms with E-state index in [1.807, 2.05) is 62.4 Å². The van der Waals surface area contributed by atoms with Crippen LogP contribution in [0.1, 0.15) is 33.4 Å². The average molecular weight is 575 g/mol. The number of aliphatic hydroxyl groups is 2. The van der Waals surface area contributed by atoms with Crippen molar-refractivity contribution in [3.8, 4) is 22.6 Å². The quantitative estimate of drug-likeness (QED) is 0.131. The molecule has 0 amide bonds. The van der Waals surface area contributed by atoms with Crippen LogP contribution in [0.5, 0.6) is 11.5 Å². The van der Waals surface area contributed by atoms with Crippen LogP contribution < -0.4 is 20.1 Å². The predicted octanol–water partition coefficient (Wildman–Crippen LogP) is 5.95. The van der Waals surface area contributed by atoms with Crippen LogP contribution in [0.4, 0.5) is 0 Å². The maximum atomic E-state index is 8.95. The van der Waals surface area contributed by atoms with E-state index in [1.165, 1.54) is 0 Å². The number of hydrogen-bond acceptors (Lipinski definition) is 6. The summed E-state index contributed by atoms with van der Waals surface area (Å²) in [5.74, 6) is 1.67. The summed E-state index contributed by atoms with van der Waals surface area (Å²) in [5.41, 5.74) is 8.37. The Balaban J connectivity index is 1.40. The minimum atomic E-state index is 0.123. The van der Waals surface area contributed by atoms with Gasteiger partial charge in [-0.2, -0.15) is 0 Å². The molecule has 0 saturated carbocycles.